The molecule has 0 saturated carbocycles. The van der Waals surface area contributed by atoms with Crippen molar-refractivity contribution in [1.82, 2.24) is 14.3 Å². The van der Waals surface area contributed by atoms with Gasteiger partial charge in [0.2, 0.25) is 12.7 Å². The minimum atomic E-state index is -0.233. The quantitative estimate of drug-likeness (QED) is 0.419. The highest BCUT2D eigenvalue weighted by Gasteiger charge is 2.29. The number of anilines is 1. The Morgan fingerprint density at radius 3 is 2.64 bits per heavy atom. The van der Waals surface area contributed by atoms with E-state index in [0.717, 1.165) is 22.6 Å². The molecule has 4 aromatic rings. The first kappa shape index (κ1) is 22.4. The molecule has 1 atom stereocenters. The van der Waals surface area contributed by atoms with E-state index in [1.165, 1.54) is 6.07 Å². The summed E-state index contributed by atoms with van der Waals surface area (Å²) in [4.78, 5) is 22.1. The molecule has 1 saturated heterocycles. The Bertz CT molecular complexity index is 1430. The average Bonchev–Trinajstić information content (AvgIpc) is 3.55. The first-order valence-corrected chi connectivity index (χ1v) is 12.2. The van der Waals surface area contributed by atoms with Crippen LogP contribution in [0.1, 0.15) is 29.3 Å². The number of fused-ring (bicyclic) bond motifs is 2. The van der Waals surface area contributed by atoms with Crippen molar-refractivity contribution in [2.24, 2.45) is 0 Å². The molecule has 0 radical (unpaired) electrons. The number of amides is 1. The van der Waals surface area contributed by atoms with E-state index in [-0.39, 0.29) is 24.4 Å². The highest BCUT2D eigenvalue weighted by molar-refractivity contribution is 5.78. The van der Waals surface area contributed by atoms with Gasteiger partial charge in [-0.15, -0.1) is 0 Å². The zero-order valence-electron chi connectivity index (χ0n) is 20.1. The van der Waals surface area contributed by atoms with Crippen molar-refractivity contribution in [3.05, 3.63) is 89.6 Å². The average molecular weight is 487 g/mol. The third-order valence-corrected chi connectivity index (χ3v) is 7.11. The summed E-state index contributed by atoms with van der Waals surface area (Å²) >= 11 is 0. The lowest BCUT2D eigenvalue weighted by Gasteiger charge is -2.36. The molecule has 1 fully saturated rings. The summed E-state index contributed by atoms with van der Waals surface area (Å²) < 4.78 is 27.5. The number of hydrogen-bond donors (Lipinski definition) is 0. The summed E-state index contributed by atoms with van der Waals surface area (Å²) in [7, 11) is 0. The maximum atomic E-state index is 14.3. The van der Waals surface area contributed by atoms with Crippen LogP contribution in [0.25, 0.3) is 5.65 Å². The Hall–Kier alpha value is -4.07. The van der Waals surface area contributed by atoms with Crippen molar-refractivity contribution in [3.8, 4) is 11.5 Å². The Morgan fingerprint density at radius 2 is 1.81 bits per heavy atom. The van der Waals surface area contributed by atoms with Crippen molar-refractivity contribution >= 4 is 17.2 Å². The number of rotatable bonds is 5. The van der Waals surface area contributed by atoms with Gasteiger partial charge >= 0.3 is 0 Å². The second-order valence-electron chi connectivity index (χ2n) is 9.23. The lowest BCUT2D eigenvalue weighted by molar-refractivity contribution is -0.131. The number of aryl methyl sites for hydroxylation is 1. The van der Waals surface area contributed by atoms with E-state index in [1.54, 1.807) is 12.1 Å². The lowest BCUT2D eigenvalue weighted by Crippen LogP contribution is -2.49. The van der Waals surface area contributed by atoms with Crippen LogP contribution in [0.4, 0.5) is 10.1 Å². The van der Waals surface area contributed by atoms with Crippen LogP contribution in [0, 0.1) is 12.7 Å². The summed E-state index contributed by atoms with van der Waals surface area (Å²) in [6, 6.07) is 18.6. The Labute approximate surface area is 208 Å². The monoisotopic (exact) mass is 486 g/mol. The van der Waals surface area contributed by atoms with Gasteiger partial charge in [-0.25, -0.2) is 9.37 Å². The summed E-state index contributed by atoms with van der Waals surface area (Å²) in [5.41, 5.74) is 4.42. The van der Waals surface area contributed by atoms with E-state index in [0.29, 0.717) is 49.8 Å². The predicted molar refractivity (Wildman–Crippen MR) is 134 cm³/mol. The van der Waals surface area contributed by atoms with Gasteiger partial charge in [0.1, 0.15) is 11.5 Å². The molecule has 1 unspecified atom stereocenters. The van der Waals surface area contributed by atoms with E-state index < -0.39 is 0 Å². The number of benzene rings is 2. The molecule has 2 aliphatic rings. The zero-order valence-corrected chi connectivity index (χ0v) is 20.1. The topological polar surface area (TPSA) is 59.3 Å². The summed E-state index contributed by atoms with van der Waals surface area (Å²) in [5, 5.41) is 0. The van der Waals surface area contributed by atoms with Crippen molar-refractivity contribution in [3.63, 3.8) is 0 Å². The van der Waals surface area contributed by atoms with Gasteiger partial charge in [0.05, 0.1) is 11.4 Å². The normalized spacial score (nSPS) is 15.9. The zero-order chi connectivity index (χ0) is 24.6. The van der Waals surface area contributed by atoms with Crippen LogP contribution >= 0.6 is 0 Å². The van der Waals surface area contributed by atoms with Crippen LogP contribution in [-0.2, 0) is 4.79 Å². The molecule has 2 aromatic carbocycles. The van der Waals surface area contributed by atoms with Crippen LogP contribution < -0.4 is 14.4 Å². The number of aromatic nitrogens is 2. The van der Waals surface area contributed by atoms with Gasteiger partial charge in [-0.1, -0.05) is 24.3 Å². The molecule has 6 rings (SSSR count). The van der Waals surface area contributed by atoms with E-state index in [9.17, 15) is 9.18 Å². The second-order valence-corrected chi connectivity index (χ2v) is 9.23. The molecule has 8 heteroatoms. The molecule has 184 valence electrons. The number of carbonyl (C=O) groups is 1. The van der Waals surface area contributed by atoms with Gasteiger partial charge in [0.15, 0.2) is 11.5 Å². The van der Waals surface area contributed by atoms with Crippen molar-refractivity contribution in [1.29, 1.82) is 0 Å². The van der Waals surface area contributed by atoms with Crippen LogP contribution in [0.2, 0.25) is 0 Å². The lowest BCUT2D eigenvalue weighted by atomic mass is 9.91. The molecule has 7 nitrogen and oxygen atoms in total. The maximum Gasteiger partial charge on any atom is 0.231 e. The second kappa shape index (κ2) is 9.18. The molecule has 0 bridgehead atoms. The minimum absolute atomic E-state index is 0.0642. The fourth-order valence-corrected chi connectivity index (χ4v) is 5.21. The number of hydrogen-bond acceptors (Lipinski definition) is 5. The Balaban J connectivity index is 1.27. The number of para-hydroxylation sites is 1. The molecule has 0 aliphatic carbocycles. The van der Waals surface area contributed by atoms with Crippen molar-refractivity contribution < 1.29 is 18.7 Å². The number of imidazole rings is 1. The number of halogens is 1. The predicted octanol–water partition coefficient (Wildman–Crippen LogP) is 4.38. The fraction of sp³-hybridized carbons (Fsp3) is 0.286. The highest BCUT2D eigenvalue weighted by atomic mass is 19.1. The SMILES string of the molecule is Cc1cccc2ncc(C(CC(=O)N3CCN(c4ccccc4F)CC3)c3ccc4c(c3)OCO4)n12. The van der Waals surface area contributed by atoms with Crippen molar-refractivity contribution in [2.45, 2.75) is 19.3 Å². The van der Waals surface area contributed by atoms with Gasteiger partial charge in [-0.05, 0) is 48.9 Å². The van der Waals surface area contributed by atoms with Crippen LogP contribution in [-0.4, -0.2) is 53.2 Å². The van der Waals surface area contributed by atoms with Crippen LogP contribution in [0.5, 0.6) is 11.5 Å². The third kappa shape index (κ3) is 4.02. The summed E-state index contributed by atoms with van der Waals surface area (Å²) in [6.07, 6.45) is 2.16. The van der Waals surface area contributed by atoms with Gasteiger partial charge in [-0.3, -0.25) is 4.79 Å². The molecular formula is C28H27FN4O3. The first-order valence-electron chi connectivity index (χ1n) is 12.2. The minimum Gasteiger partial charge on any atom is -0.454 e. The third-order valence-electron chi connectivity index (χ3n) is 7.11. The molecule has 36 heavy (non-hydrogen) atoms. The number of nitrogens with zero attached hydrogens (tertiary/aromatic N) is 4. The number of ether oxygens (including phenoxy) is 2. The highest BCUT2D eigenvalue weighted by Crippen LogP contribution is 2.38. The summed E-state index contributed by atoms with van der Waals surface area (Å²) in [6.45, 7) is 4.52. The van der Waals surface area contributed by atoms with Gasteiger partial charge in [-0.2, -0.15) is 0 Å². The van der Waals surface area contributed by atoms with Gasteiger partial charge in [0, 0.05) is 50.4 Å². The van der Waals surface area contributed by atoms with Crippen LogP contribution in [0.15, 0.2) is 66.9 Å². The van der Waals surface area contributed by atoms with E-state index in [2.05, 4.69) is 9.38 Å². The summed E-state index contributed by atoms with van der Waals surface area (Å²) in [5.74, 6) is 1.02. The van der Waals surface area contributed by atoms with E-state index in [1.807, 2.05) is 65.4 Å². The maximum absolute atomic E-state index is 14.3. The van der Waals surface area contributed by atoms with Crippen LogP contribution in [0.3, 0.4) is 0 Å². The fourth-order valence-electron chi connectivity index (χ4n) is 5.21. The van der Waals surface area contributed by atoms with Gasteiger partial charge < -0.3 is 23.7 Å². The standard InChI is InChI=1S/C28H27FN4O3/c1-19-5-4-8-27-30-17-24(33(19)27)21(20-9-10-25-26(15-20)36-18-35-25)16-28(34)32-13-11-31(12-14-32)23-7-3-2-6-22(23)29/h2-10,15,17,21H,11-14,16,18H2,1H3. The Morgan fingerprint density at radius 1 is 1.00 bits per heavy atom. The van der Waals surface area contributed by atoms with E-state index in [4.69, 9.17) is 9.47 Å². The number of piperazine rings is 1. The molecular weight excluding hydrogens is 459 g/mol. The molecule has 1 amide bonds. The molecule has 4 heterocycles. The number of pyridine rings is 1. The van der Waals surface area contributed by atoms with E-state index >= 15 is 0 Å². The van der Waals surface area contributed by atoms with Crippen molar-refractivity contribution in [2.75, 3.05) is 37.9 Å². The molecule has 0 spiro atoms. The van der Waals surface area contributed by atoms with Gasteiger partial charge in [0.25, 0.3) is 0 Å². The first-order chi connectivity index (χ1) is 17.6. The molecule has 0 N–H and O–H groups in total. The Kier molecular flexibility index (Phi) is 5.71. The molecule has 2 aliphatic heterocycles. The smallest absolute Gasteiger partial charge is 0.231 e. The largest absolute Gasteiger partial charge is 0.454 e. The molecule has 2 aromatic heterocycles. The number of carbonyl (C=O) groups excluding carboxylic acids is 1.